The summed E-state index contributed by atoms with van der Waals surface area (Å²) in [6.07, 6.45) is -0.509. The number of H-pyrrole nitrogens is 1. The first-order valence-electron chi connectivity index (χ1n) is 6.57. The minimum absolute atomic E-state index is 0.425. The van der Waals surface area contributed by atoms with Gasteiger partial charge in [0.1, 0.15) is 5.82 Å². The molecule has 0 aliphatic carbocycles. The van der Waals surface area contributed by atoms with Crippen LogP contribution in [0.15, 0.2) is 36.4 Å². The molecule has 0 radical (unpaired) electrons. The summed E-state index contributed by atoms with van der Waals surface area (Å²) in [5, 5.41) is 17.5. The number of benzene rings is 1. The molecule has 0 bridgehead atoms. The zero-order valence-electron chi connectivity index (χ0n) is 11.7. The van der Waals surface area contributed by atoms with E-state index in [2.05, 4.69) is 24.0 Å². The Morgan fingerprint density at radius 1 is 1.26 bits per heavy atom. The fraction of sp³-hybridized carbons (Fsp3) is 0.400. The highest BCUT2D eigenvalue weighted by atomic mass is 16.3. The number of aliphatic hydroxyl groups is 1. The van der Waals surface area contributed by atoms with Gasteiger partial charge in [-0.05, 0) is 11.5 Å². The lowest BCUT2D eigenvalue weighted by Crippen LogP contribution is -2.24. The van der Waals surface area contributed by atoms with E-state index in [4.69, 9.17) is 0 Å². The number of aliphatic hydroxyl groups excluding tert-OH is 1. The number of nitrogens with one attached hydrogen (secondary N) is 1. The van der Waals surface area contributed by atoms with Crippen molar-refractivity contribution >= 4 is 5.82 Å². The number of anilines is 1. The maximum atomic E-state index is 10.2. The van der Waals surface area contributed by atoms with Gasteiger partial charge in [-0.3, -0.25) is 5.10 Å². The van der Waals surface area contributed by atoms with Crippen LogP contribution in [-0.4, -0.2) is 28.9 Å². The van der Waals surface area contributed by atoms with Gasteiger partial charge in [0.2, 0.25) is 0 Å². The second-order valence-electron chi connectivity index (χ2n) is 5.14. The highest BCUT2D eigenvalue weighted by molar-refractivity contribution is 5.39. The highest BCUT2D eigenvalue weighted by Crippen LogP contribution is 2.20. The van der Waals surface area contributed by atoms with E-state index in [1.807, 2.05) is 48.3 Å². The van der Waals surface area contributed by atoms with Crippen molar-refractivity contribution in [2.75, 3.05) is 18.5 Å². The molecule has 1 atom stereocenters. The summed E-state index contributed by atoms with van der Waals surface area (Å²) < 4.78 is 0. The molecule has 0 spiro atoms. The smallest absolute Gasteiger partial charge is 0.150 e. The molecule has 2 rings (SSSR count). The Balaban J connectivity index is 2.02. The van der Waals surface area contributed by atoms with Crippen molar-refractivity contribution in [2.24, 2.45) is 0 Å². The van der Waals surface area contributed by atoms with Crippen molar-refractivity contribution in [1.29, 1.82) is 0 Å². The zero-order chi connectivity index (χ0) is 13.8. The Labute approximate surface area is 114 Å². The first-order chi connectivity index (χ1) is 9.08. The van der Waals surface area contributed by atoms with Crippen molar-refractivity contribution in [3.05, 3.63) is 47.7 Å². The topological polar surface area (TPSA) is 52.1 Å². The predicted octanol–water partition coefficient (Wildman–Crippen LogP) is 2.70. The number of aromatic amines is 1. The molecule has 0 aliphatic heterocycles. The summed E-state index contributed by atoms with van der Waals surface area (Å²) in [5.74, 6) is 1.28. The summed E-state index contributed by atoms with van der Waals surface area (Å²) in [4.78, 5) is 1.96. The van der Waals surface area contributed by atoms with Gasteiger partial charge in [0, 0.05) is 25.4 Å². The number of aromatic nitrogens is 2. The van der Waals surface area contributed by atoms with Gasteiger partial charge < -0.3 is 10.0 Å². The van der Waals surface area contributed by atoms with Crippen LogP contribution in [-0.2, 0) is 0 Å². The van der Waals surface area contributed by atoms with Crippen LogP contribution in [0.4, 0.5) is 5.82 Å². The summed E-state index contributed by atoms with van der Waals surface area (Å²) in [6.45, 7) is 4.76. The van der Waals surface area contributed by atoms with E-state index >= 15 is 0 Å². The monoisotopic (exact) mass is 259 g/mol. The molecular formula is C15H21N3O. The van der Waals surface area contributed by atoms with Crippen LogP contribution < -0.4 is 4.90 Å². The molecule has 19 heavy (non-hydrogen) atoms. The molecule has 0 saturated carbocycles. The molecule has 2 aromatic rings. The lowest BCUT2D eigenvalue weighted by molar-refractivity contribution is 0.185. The Kier molecular flexibility index (Phi) is 4.22. The van der Waals surface area contributed by atoms with Gasteiger partial charge >= 0.3 is 0 Å². The molecular weight excluding hydrogens is 238 g/mol. The van der Waals surface area contributed by atoms with E-state index in [9.17, 15) is 5.11 Å². The SMILES string of the molecule is CC(C)c1cc(N(C)CC(O)c2ccccc2)n[nH]1. The Bertz CT molecular complexity index is 507. The third-order valence-electron chi connectivity index (χ3n) is 3.23. The third kappa shape index (κ3) is 3.35. The fourth-order valence-corrected chi connectivity index (χ4v) is 1.95. The summed E-state index contributed by atoms with van der Waals surface area (Å²) in [5.41, 5.74) is 2.03. The minimum Gasteiger partial charge on any atom is -0.387 e. The minimum atomic E-state index is -0.509. The van der Waals surface area contributed by atoms with Gasteiger partial charge in [0.15, 0.2) is 0 Å². The van der Waals surface area contributed by atoms with Crippen LogP contribution in [0.25, 0.3) is 0 Å². The highest BCUT2D eigenvalue weighted by Gasteiger charge is 2.13. The van der Waals surface area contributed by atoms with Crippen molar-refractivity contribution in [3.8, 4) is 0 Å². The fourth-order valence-electron chi connectivity index (χ4n) is 1.95. The largest absolute Gasteiger partial charge is 0.387 e. The Hall–Kier alpha value is -1.81. The molecule has 1 heterocycles. The number of hydrogen-bond acceptors (Lipinski definition) is 3. The zero-order valence-corrected chi connectivity index (χ0v) is 11.7. The Morgan fingerprint density at radius 2 is 1.95 bits per heavy atom. The van der Waals surface area contributed by atoms with E-state index in [-0.39, 0.29) is 0 Å². The van der Waals surface area contributed by atoms with E-state index < -0.39 is 6.10 Å². The second-order valence-corrected chi connectivity index (χ2v) is 5.14. The van der Waals surface area contributed by atoms with Crippen LogP contribution >= 0.6 is 0 Å². The second kappa shape index (κ2) is 5.89. The molecule has 0 aliphatic rings. The maximum absolute atomic E-state index is 10.2. The van der Waals surface area contributed by atoms with Gasteiger partial charge in [-0.15, -0.1) is 0 Å². The molecule has 1 aromatic carbocycles. The number of likely N-dealkylation sites (N-methyl/N-ethyl adjacent to an activating group) is 1. The standard InChI is InChI=1S/C15H21N3O/c1-11(2)13-9-15(17-16-13)18(3)10-14(19)12-7-5-4-6-8-12/h4-9,11,14,19H,10H2,1-3H3,(H,16,17). The molecule has 0 amide bonds. The molecule has 4 heteroatoms. The third-order valence-corrected chi connectivity index (χ3v) is 3.23. The quantitative estimate of drug-likeness (QED) is 0.868. The molecule has 4 nitrogen and oxygen atoms in total. The number of hydrogen-bond donors (Lipinski definition) is 2. The summed E-state index contributed by atoms with van der Waals surface area (Å²) in [6, 6.07) is 11.7. The lowest BCUT2D eigenvalue weighted by Gasteiger charge is -2.20. The maximum Gasteiger partial charge on any atom is 0.150 e. The van der Waals surface area contributed by atoms with Crippen molar-refractivity contribution in [2.45, 2.75) is 25.9 Å². The predicted molar refractivity (Wildman–Crippen MR) is 77.3 cm³/mol. The van der Waals surface area contributed by atoms with Crippen molar-refractivity contribution in [3.63, 3.8) is 0 Å². The Morgan fingerprint density at radius 3 is 2.53 bits per heavy atom. The summed E-state index contributed by atoms with van der Waals surface area (Å²) >= 11 is 0. The molecule has 1 aromatic heterocycles. The molecule has 2 N–H and O–H groups in total. The van der Waals surface area contributed by atoms with Gasteiger partial charge in [0.25, 0.3) is 0 Å². The molecule has 1 unspecified atom stereocenters. The van der Waals surface area contributed by atoms with Gasteiger partial charge in [0.05, 0.1) is 6.10 Å². The van der Waals surface area contributed by atoms with Crippen LogP contribution in [0, 0.1) is 0 Å². The van der Waals surface area contributed by atoms with E-state index in [1.165, 1.54) is 0 Å². The van der Waals surface area contributed by atoms with Crippen molar-refractivity contribution in [1.82, 2.24) is 10.2 Å². The van der Waals surface area contributed by atoms with Crippen molar-refractivity contribution < 1.29 is 5.11 Å². The first kappa shape index (κ1) is 13.6. The average molecular weight is 259 g/mol. The van der Waals surface area contributed by atoms with E-state index in [1.54, 1.807) is 0 Å². The van der Waals surface area contributed by atoms with E-state index in [0.717, 1.165) is 17.1 Å². The van der Waals surface area contributed by atoms with Crippen LogP contribution in [0.3, 0.4) is 0 Å². The van der Waals surface area contributed by atoms with Gasteiger partial charge in [-0.25, -0.2) is 0 Å². The van der Waals surface area contributed by atoms with E-state index in [0.29, 0.717) is 12.5 Å². The lowest BCUT2D eigenvalue weighted by atomic mass is 10.1. The molecule has 0 saturated heterocycles. The van der Waals surface area contributed by atoms with Gasteiger partial charge in [-0.1, -0.05) is 44.2 Å². The number of nitrogens with zero attached hydrogens (tertiary/aromatic N) is 2. The summed E-state index contributed by atoms with van der Waals surface area (Å²) in [7, 11) is 1.94. The average Bonchev–Trinajstić information content (AvgIpc) is 2.89. The van der Waals surface area contributed by atoms with Crippen LogP contribution in [0.2, 0.25) is 0 Å². The molecule has 102 valence electrons. The van der Waals surface area contributed by atoms with Crippen LogP contribution in [0.1, 0.15) is 37.1 Å². The molecule has 0 fully saturated rings. The normalized spacial score (nSPS) is 12.7. The first-order valence-corrected chi connectivity index (χ1v) is 6.57. The van der Waals surface area contributed by atoms with Crippen LogP contribution in [0.5, 0.6) is 0 Å². The van der Waals surface area contributed by atoms with Gasteiger partial charge in [-0.2, -0.15) is 5.10 Å². The number of rotatable bonds is 5.